The van der Waals surface area contributed by atoms with E-state index in [0.717, 1.165) is 0 Å². The number of nitrogens with two attached hydrogens (primary N) is 1. The average molecular weight is 337 g/mol. The van der Waals surface area contributed by atoms with Crippen LogP contribution in [0.25, 0.3) is 0 Å². The second-order valence-electron chi connectivity index (χ2n) is 5.70. The SMILES string of the molecule is CCCC(=O)OC(C)OC(=O)C(N)[C@H]1CC[C@H](C(=O)[O-])CC1.[Na+]. The van der Waals surface area contributed by atoms with Gasteiger partial charge in [-0.1, -0.05) is 6.92 Å². The van der Waals surface area contributed by atoms with Gasteiger partial charge in [0.25, 0.3) is 0 Å². The van der Waals surface area contributed by atoms with Gasteiger partial charge in [0.1, 0.15) is 6.04 Å². The largest absolute Gasteiger partial charge is 1.00 e. The van der Waals surface area contributed by atoms with Crippen LogP contribution in [0.15, 0.2) is 0 Å². The summed E-state index contributed by atoms with van der Waals surface area (Å²) in [5.74, 6) is -2.69. The summed E-state index contributed by atoms with van der Waals surface area (Å²) in [5.41, 5.74) is 5.87. The molecule has 0 saturated heterocycles. The summed E-state index contributed by atoms with van der Waals surface area (Å²) in [6.45, 7) is 3.31. The molecule has 2 atom stereocenters. The number of ether oxygens (including phenoxy) is 2. The van der Waals surface area contributed by atoms with Crippen molar-refractivity contribution in [3.05, 3.63) is 0 Å². The van der Waals surface area contributed by atoms with Crippen molar-refractivity contribution in [2.45, 2.75) is 64.7 Å². The molecule has 7 nitrogen and oxygen atoms in total. The zero-order valence-corrected chi connectivity index (χ0v) is 16.1. The fourth-order valence-electron chi connectivity index (χ4n) is 2.62. The fourth-order valence-corrected chi connectivity index (χ4v) is 2.62. The van der Waals surface area contributed by atoms with Crippen molar-refractivity contribution in [1.29, 1.82) is 0 Å². The van der Waals surface area contributed by atoms with Gasteiger partial charge in [-0.05, 0) is 43.9 Å². The minimum Gasteiger partial charge on any atom is -0.550 e. The van der Waals surface area contributed by atoms with Crippen LogP contribution in [0.4, 0.5) is 0 Å². The first kappa shape index (κ1) is 22.4. The molecule has 8 heteroatoms. The van der Waals surface area contributed by atoms with Gasteiger partial charge in [-0.25, -0.2) is 0 Å². The van der Waals surface area contributed by atoms with Crippen molar-refractivity contribution in [3.63, 3.8) is 0 Å². The van der Waals surface area contributed by atoms with Gasteiger partial charge >= 0.3 is 41.5 Å². The predicted molar refractivity (Wildman–Crippen MR) is 75.0 cm³/mol. The molecule has 2 N–H and O–H groups in total. The Kier molecular flexibility index (Phi) is 10.7. The van der Waals surface area contributed by atoms with E-state index in [2.05, 4.69) is 0 Å². The molecule has 126 valence electrons. The van der Waals surface area contributed by atoms with E-state index in [4.69, 9.17) is 15.2 Å². The van der Waals surface area contributed by atoms with E-state index in [1.54, 1.807) is 0 Å². The number of hydrogen-bond acceptors (Lipinski definition) is 7. The van der Waals surface area contributed by atoms with Crippen molar-refractivity contribution in [2.24, 2.45) is 17.6 Å². The first-order valence-corrected chi connectivity index (χ1v) is 7.71. The molecule has 1 fully saturated rings. The molecule has 0 amide bonds. The number of carbonyl (C=O) groups is 3. The number of hydrogen-bond donors (Lipinski definition) is 1. The van der Waals surface area contributed by atoms with Crippen LogP contribution < -0.4 is 40.4 Å². The van der Waals surface area contributed by atoms with Crippen LogP contribution in [0.2, 0.25) is 0 Å². The van der Waals surface area contributed by atoms with Crippen LogP contribution in [0, 0.1) is 11.8 Å². The van der Waals surface area contributed by atoms with E-state index in [9.17, 15) is 19.5 Å². The summed E-state index contributed by atoms with van der Waals surface area (Å²) >= 11 is 0. The Hall–Kier alpha value is -0.630. The number of rotatable bonds is 7. The third-order valence-corrected chi connectivity index (χ3v) is 3.92. The zero-order valence-electron chi connectivity index (χ0n) is 14.1. The predicted octanol–water partition coefficient (Wildman–Crippen LogP) is -2.89. The van der Waals surface area contributed by atoms with Gasteiger partial charge in [0.05, 0.1) is 0 Å². The summed E-state index contributed by atoms with van der Waals surface area (Å²) in [4.78, 5) is 34.0. The summed E-state index contributed by atoms with van der Waals surface area (Å²) in [6.07, 6.45) is 1.93. The average Bonchev–Trinajstić information content (AvgIpc) is 2.46. The molecule has 1 aliphatic rings. The Bertz CT molecular complexity index is 409. The topological polar surface area (TPSA) is 119 Å². The Labute approximate surface area is 158 Å². The van der Waals surface area contributed by atoms with Gasteiger partial charge in [-0.15, -0.1) is 0 Å². The van der Waals surface area contributed by atoms with Crippen molar-refractivity contribution in [1.82, 2.24) is 0 Å². The molecule has 2 unspecified atom stereocenters. The van der Waals surface area contributed by atoms with Crippen LogP contribution in [0.1, 0.15) is 52.4 Å². The van der Waals surface area contributed by atoms with Gasteiger partial charge < -0.3 is 25.1 Å². The van der Waals surface area contributed by atoms with Gasteiger partial charge in [-0.3, -0.25) is 9.59 Å². The maximum absolute atomic E-state index is 11.9. The number of carboxylic acid groups (broad SMARTS) is 1. The molecule has 0 aromatic heterocycles. The summed E-state index contributed by atoms with van der Waals surface area (Å²) < 4.78 is 9.94. The molecule has 0 heterocycles. The van der Waals surface area contributed by atoms with Crippen molar-refractivity contribution in [2.75, 3.05) is 0 Å². The molecule has 0 aliphatic heterocycles. The zero-order chi connectivity index (χ0) is 16.7. The van der Waals surface area contributed by atoms with E-state index in [1.807, 2.05) is 6.92 Å². The molecule has 0 aromatic rings. The summed E-state index contributed by atoms with van der Waals surface area (Å²) in [7, 11) is 0. The standard InChI is InChI=1S/C15H25NO6.Na/c1-3-4-12(17)21-9(2)22-15(20)13(16)10-5-7-11(8-6-10)14(18)19;/h9-11,13H,3-8,16H2,1-2H3,(H,18,19);/q;+1/p-1/t9?,10-,11-,13?;. The monoisotopic (exact) mass is 337 g/mol. The van der Waals surface area contributed by atoms with E-state index in [0.29, 0.717) is 32.1 Å². The van der Waals surface area contributed by atoms with Crippen LogP contribution >= 0.6 is 0 Å². The number of carboxylic acids is 1. The molecule has 1 saturated carbocycles. The normalized spacial score (nSPS) is 23.1. The van der Waals surface area contributed by atoms with Gasteiger partial charge in [-0.2, -0.15) is 0 Å². The van der Waals surface area contributed by atoms with Gasteiger partial charge in [0, 0.05) is 19.3 Å². The molecule has 1 aliphatic carbocycles. The van der Waals surface area contributed by atoms with Crippen LogP contribution in [-0.4, -0.2) is 30.2 Å². The molecule has 0 spiro atoms. The Morgan fingerprint density at radius 3 is 2.22 bits per heavy atom. The van der Waals surface area contributed by atoms with E-state index in [1.165, 1.54) is 6.92 Å². The Balaban J connectivity index is 0.00000484. The number of carbonyl (C=O) groups excluding carboxylic acids is 3. The van der Waals surface area contributed by atoms with E-state index >= 15 is 0 Å². The molecular weight excluding hydrogens is 313 g/mol. The molecule has 0 bridgehead atoms. The number of aliphatic carboxylic acids is 1. The molecule has 23 heavy (non-hydrogen) atoms. The molecule has 0 radical (unpaired) electrons. The van der Waals surface area contributed by atoms with E-state index < -0.39 is 36.2 Å². The third kappa shape index (κ3) is 7.65. The quantitative estimate of drug-likeness (QED) is 0.301. The van der Waals surface area contributed by atoms with Crippen LogP contribution in [0.5, 0.6) is 0 Å². The molecule has 0 aromatic carbocycles. The molecule has 1 rings (SSSR count). The first-order chi connectivity index (χ1) is 10.3. The van der Waals surface area contributed by atoms with Crippen molar-refractivity contribution in [3.8, 4) is 0 Å². The number of esters is 2. The summed E-state index contributed by atoms with van der Waals surface area (Å²) in [5, 5.41) is 10.8. The minimum absolute atomic E-state index is 0. The Morgan fingerprint density at radius 1 is 1.17 bits per heavy atom. The van der Waals surface area contributed by atoms with Gasteiger partial charge in [0.15, 0.2) is 0 Å². The van der Waals surface area contributed by atoms with Crippen molar-refractivity contribution >= 4 is 17.9 Å². The minimum atomic E-state index is -1.05. The third-order valence-electron chi connectivity index (χ3n) is 3.92. The maximum atomic E-state index is 11.9. The smallest absolute Gasteiger partial charge is 0.550 e. The van der Waals surface area contributed by atoms with Crippen molar-refractivity contribution < 1.29 is 58.5 Å². The molecular formula is C15H24NNaO6. The summed E-state index contributed by atoms with van der Waals surface area (Å²) in [6, 6.07) is -0.838. The second-order valence-corrected chi connectivity index (χ2v) is 5.70. The maximum Gasteiger partial charge on any atom is 1.00 e. The Morgan fingerprint density at radius 2 is 1.74 bits per heavy atom. The van der Waals surface area contributed by atoms with Crippen LogP contribution in [-0.2, 0) is 23.9 Å². The van der Waals surface area contributed by atoms with Gasteiger partial charge in [0.2, 0.25) is 6.29 Å². The second kappa shape index (κ2) is 11.0. The van der Waals surface area contributed by atoms with E-state index in [-0.39, 0.29) is 41.9 Å². The first-order valence-electron chi connectivity index (χ1n) is 7.71. The van der Waals surface area contributed by atoms with Crippen LogP contribution in [0.3, 0.4) is 0 Å². The fraction of sp³-hybridized carbons (Fsp3) is 0.800.